The molecule has 2 rings (SSSR count). The zero-order chi connectivity index (χ0) is 15.2. The van der Waals surface area contributed by atoms with Crippen molar-refractivity contribution in [2.45, 2.75) is 26.7 Å². The minimum absolute atomic E-state index is 0.0780. The molecule has 0 radical (unpaired) electrons. The number of urea groups is 1. The van der Waals surface area contributed by atoms with Crippen LogP contribution in [0.25, 0.3) is 0 Å². The molecule has 1 aliphatic heterocycles. The second-order valence-corrected chi connectivity index (χ2v) is 5.40. The summed E-state index contributed by atoms with van der Waals surface area (Å²) in [6.45, 7) is 5.93. The lowest BCUT2D eigenvalue weighted by Gasteiger charge is -2.30. The molecule has 5 nitrogen and oxygen atoms in total. The molecule has 1 fully saturated rings. The van der Waals surface area contributed by atoms with Gasteiger partial charge in [-0.15, -0.1) is 0 Å². The van der Waals surface area contributed by atoms with E-state index < -0.39 is 0 Å². The van der Waals surface area contributed by atoms with E-state index in [0.717, 1.165) is 25.9 Å². The molecule has 2 amide bonds. The molecule has 1 aliphatic rings. The summed E-state index contributed by atoms with van der Waals surface area (Å²) in [6, 6.07) is 6.68. The van der Waals surface area contributed by atoms with Crippen molar-refractivity contribution < 1.29 is 14.3 Å². The fraction of sp³-hybridized carbons (Fsp3) is 0.500. The number of benzene rings is 1. The molecule has 21 heavy (non-hydrogen) atoms. The highest BCUT2D eigenvalue weighted by Gasteiger charge is 2.20. The lowest BCUT2D eigenvalue weighted by atomic mass is 10.00. The Bertz CT molecular complexity index is 491. The third kappa shape index (κ3) is 4.21. The molecule has 0 saturated carbocycles. The van der Waals surface area contributed by atoms with Crippen LogP contribution < -0.4 is 5.32 Å². The second kappa shape index (κ2) is 7.11. The number of anilines is 1. The minimum atomic E-state index is -0.347. The van der Waals surface area contributed by atoms with Crippen LogP contribution in [0.1, 0.15) is 37.0 Å². The zero-order valence-electron chi connectivity index (χ0n) is 12.6. The number of amides is 2. The van der Waals surface area contributed by atoms with Crippen molar-refractivity contribution >= 4 is 17.7 Å². The quantitative estimate of drug-likeness (QED) is 0.870. The first kappa shape index (κ1) is 15.4. The average Bonchev–Trinajstić information content (AvgIpc) is 2.49. The topological polar surface area (TPSA) is 58.6 Å². The Balaban J connectivity index is 1.91. The van der Waals surface area contributed by atoms with Gasteiger partial charge in [0.25, 0.3) is 0 Å². The molecule has 0 atom stereocenters. The third-order valence-electron chi connectivity index (χ3n) is 3.72. The van der Waals surface area contributed by atoms with Gasteiger partial charge in [0.1, 0.15) is 0 Å². The molecule has 1 aromatic rings. The second-order valence-electron chi connectivity index (χ2n) is 5.40. The predicted octanol–water partition coefficient (Wildman–Crippen LogP) is 3.13. The molecule has 1 saturated heterocycles. The van der Waals surface area contributed by atoms with E-state index in [0.29, 0.717) is 23.8 Å². The maximum absolute atomic E-state index is 12.1. The Hall–Kier alpha value is -2.04. The third-order valence-corrected chi connectivity index (χ3v) is 3.72. The summed E-state index contributed by atoms with van der Waals surface area (Å²) in [5.41, 5.74) is 1.17. The molecule has 0 unspecified atom stereocenters. The molecular weight excluding hydrogens is 268 g/mol. The normalized spacial score (nSPS) is 15.6. The minimum Gasteiger partial charge on any atom is -0.462 e. The van der Waals surface area contributed by atoms with E-state index in [4.69, 9.17) is 4.74 Å². The molecule has 0 bridgehead atoms. The van der Waals surface area contributed by atoms with Crippen molar-refractivity contribution in [3.05, 3.63) is 29.8 Å². The van der Waals surface area contributed by atoms with E-state index in [-0.39, 0.29) is 12.0 Å². The lowest BCUT2D eigenvalue weighted by Crippen LogP contribution is -2.40. The van der Waals surface area contributed by atoms with Crippen molar-refractivity contribution in [3.63, 3.8) is 0 Å². The van der Waals surface area contributed by atoms with Gasteiger partial charge in [-0.1, -0.05) is 6.92 Å². The number of hydrogen-bond donors (Lipinski definition) is 1. The van der Waals surface area contributed by atoms with Crippen LogP contribution in [0, 0.1) is 5.92 Å². The lowest BCUT2D eigenvalue weighted by molar-refractivity contribution is 0.0526. The average molecular weight is 290 g/mol. The summed E-state index contributed by atoms with van der Waals surface area (Å²) in [6.07, 6.45) is 2.10. The van der Waals surface area contributed by atoms with E-state index >= 15 is 0 Å². The highest BCUT2D eigenvalue weighted by Crippen LogP contribution is 2.17. The van der Waals surface area contributed by atoms with Gasteiger partial charge in [-0.2, -0.15) is 0 Å². The molecular formula is C16H22N2O3. The Morgan fingerprint density at radius 1 is 1.24 bits per heavy atom. The van der Waals surface area contributed by atoms with Gasteiger partial charge in [-0.25, -0.2) is 9.59 Å². The molecule has 0 aliphatic carbocycles. The summed E-state index contributed by atoms with van der Waals surface area (Å²) >= 11 is 0. The first-order chi connectivity index (χ1) is 10.1. The van der Waals surface area contributed by atoms with Crippen molar-refractivity contribution in [1.82, 2.24) is 4.90 Å². The largest absolute Gasteiger partial charge is 0.462 e. The number of rotatable bonds is 3. The highest BCUT2D eigenvalue weighted by atomic mass is 16.5. The van der Waals surface area contributed by atoms with Gasteiger partial charge in [0, 0.05) is 18.8 Å². The van der Waals surface area contributed by atoms with Crippen LogP contribution in [0.5, 0.6) is 0 Å². The Morgan fingerprint density at radius 3 is 2.43 bits per heavy atom. The van der Waals surface area contributed by atoms with Crippen LogP contribution in [0.2, 0.25) is 0 Å². The van der Waals surface area contributed by atoms with Crippen LogP contribution in [0.3, 0.4) is 0 Å². The number of carbonyl (C=O) groups is 2. The van der Waals surface area contributed by atoms with Crippen molar-refractivity contribution in [2.24, 2.45) is 5.92 Å². The summed E-state index contributed by atoms with van der Waals surface area (Å²) in [5.74, 6) is 0.346. The first-order valence-electron chi connectivity index (χ1n) is 7.43. The van der Waals surface area contributed by atoms with Gasteiger partial charge < -0.3 is 15.0 Å². The number of piperidine rings is 1. The molecule has 0 spiro atoms. The van der Waals surface area contributed by atoms with Gasteiger partial charge >= 0.3 is 12.0 Å². The SMILES string of the molecule is CCOC(=O)c1ccc(NC(=O)N2CCC(C)CC2)cc1. The molecule has 1 N–H and O–H groups in total. The van der Waals surface area contributed by atoms with Crippen LogP contribution >= 0.6 is 0 Å². The number of nitrogens with zero attached hydrogens (tertiary/aromatic N) is 1. The van der Waals surface area contributed by atoms with E-state index in [2.05, 4.69) is 12.2 Å². The Morgan fingerprint density at radius 2 is 1.86 bits per heavy atom. The van der Waals surface area contributed by atoms with Crippen LogP contribution in [-0.4, -0.2) is 36.6 Å². The molecule has 114 valence electrons. The smallest absolute Gasteiger partial charge is 0.338 e. The number of nitrogens with one attached hydrogen (secondary N) is 1. The number of hydrogen-bond acceptors (Lipinski definition) is 3. The van der Waals surface area contributed by atoms with E-state index in [1.165, 1.54) is 0 Å². The van der Waals surface area contributed by atoms with Crippen LogP contribution in [0.15, 0.2) is 24.3 Å². The molecule has 5 heteroatoms. The number of likely N-dealkylation sites (tertiary alicyclic amines) is 1. The van der Waals surface area contributed by atoms with E-state index in [1.54, 1.807) is 31.2 Å². The summed E-state index contributed by atoms with van der Waals surface area (Å²) in [4.78, 5) is 25.5. The number of ether oxygens (including phenoxy) is 1. The fourth-order valence-electron chi connectivity index (χ4n) is 2.32. The maximum atomic E-state index is 12.1. The summed E-state index contributed by atoms with van der Waals surface area (Å²) in [7, 11) is 0. The number of carbonyl (C=O) groups excluding carboxylic acids is 2. The van der Waals surface area contributed by atoms with Crippen molar-refractivity contribution in [3.8, 4) is 0 Å². The van der Waals surface area contributed by atoms with Gasteiger partial charge in [0.05, 0.1) is 12.2 Å². The number of esters is 1. The van der Waals surface area contributed by atoms with Crippen LogP contribution in [-0.2, 0) is 4.74 Å². The van der Waals surface area contributed by atoms with Crippen LogP contribution in [0.4, 0.5) is 10.5 Å². The highest BCUT2D eigenvalue weighted by molar-refractivity contribution is 5.92. The van der Waals surface area contributed by atoms with Gasteiger partial charge in [-0.3, -0.25) is 0 Å². The first-order valence-corrected chi connectivity index (χ1v) is 7.43. The van der Waals surface area contributed by atoms with Crippen molar-refractivity contribution in [2.75, 3.05) is 25.0 Å². The van der Waals surface area contributed by atoms with Gasteiger partial charge in [0.15, 0.2) is 0 Å². The Labute approximate surface area is 125 Å². The summed E-state index contributed by atoms with van der Waals surface area (Å²) < 4.78 is 4.92. The molecule has 1 aromatic carbocycles. The summed E-state index contributed by atoms with van der Waals surface area (Å²) in [5, 5.41) is 2.86. The van der Waals surface area contributed by atoms with Gasteiger partial charge in [-0.05, 0) is 49.9 Å². The molecule has 0 aromatic heterocycles. The van der Waals surface area contributed by atoms with E-state index in [9.17, 15) is 9.59 Å². The predicted molar refractivity (Wildman–Crippen MR) is 81.4 cm³/mol. The molecule has 1 heterocycles. The maximum Gasteiger partial charge on any atom is 0.338 e. The monoisotopic (exact) mass is 290 g/mol. The zero-order valence-corrected chi connectivity index (χ0v) is 12.6. The Kier molecular flexibility index (Phi) is 5.20. The standard InChI is InChI=1S/C16H22N2O3/c1-3-21-15(19)13-4-6-14(7-5-13)17-16(20)18-10-8-12(2)9-11-18/h4-7,12H,3,8-11H2,1-2H3,(H,17,20). The van der Waals surface area contributed by atoms with Crippen molar-refractivity contribution in [1.29, 1.82) is 0 Å². The van der Waals surface area contributed by atoms with Gasteiger partial charge in [0.2, 0.25) is 0 Å². The fourth-order valence-corrected chi connectivity index (χ4v) is 2.32. The van der Waals surface area contributed by atoms with E-state index in [1.807, 2.05) is 4.90 Å².